The van der Waals surface area contributed by atoms with Crippen molar-refractivity contribution >= 4 is 0 Å². The normalized spacial score (nSPS) is 26.1. The molecule has 16 heavy (non-hydrogen) atoms. The Morgan fingerprint density at radius 2 is 1.75 bits per heavy atom. The predicted octanol–water partition coefficient (Wildman–Crippen LogP) is 1.79. The van der Waals surface area contributed by atoms with Crippen LogP contribution in [-0.4, -0.2) is 48.5 Å². The number of rotatable bonds is 5. The number of hydrogen-bond acceptors (Lipinski definition) is 3. The molecule has 2 rings (SSSR count). The Morgan fingerprint density at radius 1 is 1.06 bits per heavy atom. The first kappa shape index (κ1) is 12.3. The lowest BCUT2D eigenvalue weighted by atomic mass is 9.98. The van der Waals surface area contributed by atoms with Crippen LogP contribution in [0.15, 0.2) is 0 Å². The van der Waals surface area contributed by atoms with Crippen molar-refractivity contribution in [1.82, 2.24) is 4.90 Å². The van der Waals surface area contributed by atoms with Gasteiger partial charge in [0.15, 0.2) is 0 Å². The molecule has 0 amide bonds. The number of ether oxygens (including phenoxy) is 1. The number of aliphatic hydroxyl groups is 1. The topological polar surface area (TPSA) is 32.7 Å². The summed E-state index contributed by atoms with van der Waals surface area (Å²) in [7, 11) is 0. The van der Waals surface area contributed by atoms with Crippen molar-refractivity contribution in [3.8, 4) is 0 Å². The molecule has 0 bridgehead atoms. The summed E-state index contributed by atoms with van der Waals surface area (Å²) in [6.45, 7) is 3.63. The van der Waals surface area contributed by atoms with Gasteiger partial charge in [-0.3, -0.25) is 0 Å². The van der Waals surface area contributed by atoms with Crippen molar-refractivity contribution in [1.29, 1.82) is 0 Å². The average Bonchev–Trinajstić information content (AvgIpc) is 2.81. The summed E-state index contributed by atoms with van der Waals surface area (Å²) >= 11 is 0. The van der Waals surface area contributed by atoms with E-state index >= 15 is 0 Å². The first-order chi connectivity index (χ1) is 7.84. The predicted molar refractivity (Wildman–Crippen MR) is 64.5 cm³/mol. The molecule has 1 aliphatic carbocycles. The van der Waals surface area contributed by atoms with Gasteiger partial charge in [-0.1, -0.05) is 19.3 Å². The zero-order valence-electron chi connectivity index (χ0n) is 10.2. The molecule has 1 saturated heterocycles. The molecule has 1 atom stereocenters. The van der Waals surface area contributed by atoms with Crippen molar-refractivity contribution in [3.05, 3.63) is 0 Å². The van der Waals surface area contributed by atoms with Gasteiger partial charge in [0, 0.05) is 6.54 Å². The number of likely N-dealkylation sites (tertiary alicyclic amines) is 1. The summed E-state index contributed by atoms with van der Waals surface area (Å²) in [6.07, 6.45) is 9.04. The molecular weight excluding hydrogens is 202 g/mol. The van der Waals surface area contributed by atoms with Gasteiger partial charge >= 0.3 is 0 Å². The maximum Gasteiger partial charge on any atom is 0.0900 e. The second-order valence-electron chi connectivity index (χ2n) is 5.25. The molecule has 0 aromatic rings. The zero-order valence-corrected chi connectivity index (χ0v) is 10.2. The van der Waals surface area contributed by atoms with Crippen molar-refractivity contribution in [3.63, 3.8) is 0 Å². The minimum atomic E-state index is -0.292. The van der Waals surface area contributed by atoms with Crippen LogP contribution in [0.2, 0.25) is 0 Å². The van der Waals surface area contributed by atoms with Crippen LogP contribution < -0.4 is 0 Å². The van der Waals surface area contributed by atoms with E-state index in [1.54, 1.807) is 0 Å². The average molecular weight is 227 g/mol. The van der Waals surface area contributed by atoms with E-state index in [0.29, 0.717) is 12.7 Å². The van der Waals surface area contributed by atoms with Gasteiger partial charge in [-0.15, -0.1) is 0 Å². The Bertz CT molecular complexity index is 186. The molecule has 1 saturated carbocycles. The summed E-state index contributed by atoms with van der Waals surface area (Å²) in [6, 6.07) is 0. The summed E-state index contributed by atoms with van der Waals surface area (Å²) in [5, 5.41) is 9.87. The smallest absolute Gasteiger partial charge is 0.0900 e. The van der Waals surface area contributed by atoms with Crippen molar-refractivity contribution in [2.75, 3.05) is 26.2 Å². The van der Waals surface area contributed by atoms with Crippen LogP contribution >= 0.6 is 0 Å². The zero-order chi connectivity index (χ0) is 11.2. The molecule has 2 aliphatic rings. The lowest BCUT2D eigenvalue weighted by Gasteiger charge is -2.25. The highest BCUT2D eigenvalue weighted by molar-refractivity contribution is 4.71. The summed E-state index contributed by atoms with van der Waals surface area (Å²) in [5.41, 5.74) is 0. The number of nitrogens with zero attached hydrogens (tertiary/aromatic N) is 1. The molecule has 3 nitrogen and oxygen atoms in total. The van der Waals surface area contributed by atoms with E-state index in [0.717, 1.165) is 19.6 Å². The Kier molecular flexibility index (Phi) is 5.07. The third-order valence-corrected chi connectivity index (χ3v) is 3.74. The van der Waals surface area contributed by atoms with Gasteiger partial charge in [0.1, 0.15) is 0 Å². The standard InChI is InChI=1S/C13H25NO2/c15-12(10-14-8-4-5-9-14)11-16-13-6-2-1-3-7-13/h12-13,15H,1-11H2. The highest BCUT2D eigenvalue weighted by Crippen LogP contribution is 2.20. The fourth-order valence-electron chi connectivity index (χ4n) is 2.79. The third-order valence-electron chi connectivity index (χ3n) is 3.74. The fraction of sp³-hybridized carbons (Fsp3) is 1.00. The first-order valence-corrected chi connectivity index (χ1v) is 6.86. The van der Waals surface area contributed by atoms with Crippen LogP contribution in [-0.2, 0) is 4.74 Å². The van der Waals surface area contributed by atoms with Crippen LogP contribution in [0.4, 0.5) is 0 Å². The third kappa shape index (κ3) is 4.04. The molecule has 1 heterocycles. The van der Waals surface area contributed by atoms with Crippen molar-refractivity contribution < 1.29 is 9.84 Å². The van der Waals surface area contributed by atoms with E-state index in [1.165, 1.54) is 44.9 Å². The highest BCUT2D eigenvalue weighted by Gasteiger charge is 2.18. The van der Waals surface area contributed by atoms with Gasteiger partial charge in [-0.2, -0.15) is 0 Å². The van der Waals surface area contributed by atoms with E-state index < -0.39 is 0 Å². The largest absolute Gasteiger partial charge is 0.389 e. The molecular formula is C13H25NO2. The van der Waals surface area contributed by atoms with Crippen LogP contribution in [0.5, 0.6) is 0 Å². The lowest BCUT2D eigenvalue weighted by Crippen LogP contribution is -2.34. The van der Waals surface area contributed by atoms with Crippen molar-refractivity contribution in [2.24, 2.45) is 0 Å². The summed E-state index contributed by atoms with van der Waals surface area (Å²) in [4.78, 5) is 2.34. The molecule has 1 N–H and O–H groups in total. The molecule has 94 valence electrons. The van der Waals surface area contributed by atoms with E-state index in [9.17, 15) is 5.11 Å². The maximum absolute atomic E-state index is 9.87. The van der Waals surface area contributed by atoms with Crippen LogP contribution in [0.3, 0.4) is 0 Å². The van der Waals surface area contributed by atoms with E-state index in [4.69, 9.17) is 4.74 Å². The fourth-order valence-corrected chi connectivity index (χ4v) is 2.79. The molecule has 0 spiro atoms. The van der Waals surface area contributed by atoms with Crippen LogP contribution in [0.1, 0.15) is 44.9 Å². The maximum atomic E-state index is 9.87. The second-order valence-corrected chi connectivity index (χ2v) is 5.25. The van der Waals surface area contributed by atoms with Gasteiger partial charge in [-0.05, 0) is 38.8 Å². The molecule has 1 aliphatic heterocycles. The van der Waals surface area contributed by atoms with Crippen molar-refractivity contribution in [2.45, 2.75) is 57.2 Å². The highest BCUT2D eigenvalue weighted by atomic mass is 16.5. The molecule has 0 aromatic heterocycles. The molecule has 0 radical (unpaired) electrons. The SMILES string of the molecule is OC(COC1CCCCC1)CN1CCCC1. The van der Waals surface area contributed by atoms with Gasteiger partial charge in [-0.25, -0.2) is 0 Å². The van der Waals surface area contributed by atoms with Crippen LogP contribution in [0.25, 0.3) is 0 Å². The van der Waals surface area contributed by atoms with Gasteiger partial charge in [0.2, 0.25) is 0 Å². The number of aliphatic hydroxyl groups excluding tert-OH is 1. The summed E-state index contributed by atoms with van der Waals surface area (Å²) in [5.74, 6) is 0. The lowest BCUT2D eigenvalue weighted by molar-refractivity contribution is -0.0315. The quantitative estimate of drug-likeness (QED) is 0.777. The number of hydrogen-bond donors (Lipinski definition) is 1. The van der Waals surface area contributed by atoms with Gasteiger partial charge < -0.3 is 14.7 Å². The van der Waals surface area contributed by atoms with E-state index in [2.05, 4.69) is 4.90 Å². The van der Waals surface area contributed by atoms with Gasteiger partial charge in [0.05, 0.1) is 18.8 Å². The molecule has 3 heteroatoms. The van der Waals surface area contributed by atoms with Crippen LogP contribution in [0, 0.1) is 0 Å². The Hall–Kier alpha value is -0.120. The van der Waals surface area contributed by atoms with E-state index in [-0.39, 0.29) is 6.10 Å². The minimum Gasteiger partial charge on any atom is -0.389 e. The summed E-state index contributed by atoms with van der Waals surface area (Å²) < 4.78 is 5.78. The second kappa shape index (κ2) is 6.58. The monoisotopic (exact) mass is 227 g/mol. The minimum absolute atomic E-state index is 0.292. The van der Waals surface area contributed by atoms with Gasteiger partial charge in [0.25, 0.3) is 0 Å². The van der Waals surface area contributed by atoms with E-state index in [1.807, 2.05) is 0 Å². The Balaban J connectivity index is 1.57. The number of β-amino-alcohol motifs (C(OH)–C–C–N with tert-alkyl or cyclic N) is 1. The molecule has 0 aromatic carbocycles. The molecule has 1 unspecified atom stereocenters. The Labute approximate surface area is 98.8 Å². The first-order valence-electron chi connectivity index (χ1n) is 6.86. The Morgan fingerprint density at radius 3 is 2.44 bits per heavy atom. The molecule has 2 fully saturated rings.